The Balaban J connectivity index is 0.000000149. The highest BCUT2D eigenvalue weighted by molar-refractivity contribution is 7.22. The van der Waals surface area contributed by atoms with Crippen LogP contribution in [0.1, 0.15) is 205 Å². The minimum atomic E-state index is -0.0663. The molecule has 0 aliphatic carbocycles. The lowest BCUT2D eigenvalue weighted by Crippen LogP contribution is -2.33. The van der Waals surface area contributed by atoms with E-state index in [0.717, 1.165) is 175 Å². The smallest absolute Gasteiger partial charge is 0.207 e. The Morgan fingerprint density at radius 2 is 0.593 bits per heavy atom. The van der Waals surface area contributed by atoms with Gasteiger partial charge in [0.1, 0.15) is 90.2 Å². The monoisotopic (exact) mass is 1950 g/mol. The van der Waals surface area contributed by atoms with Crippen molar-refractivity contribution in [2.45, 2.75) is 162 Å². The number of nitrogens with two attached hydrogens (primary N) is 1. The van der Waals surface area contributed by atoms with Gasteiger partial charge in [-0.25, -0.2) is 0 Å². The maximum absolute atomic E-state index is 13.9. The minimum absolute atomic E-state index is 0. The van der Waals surface area contributed by atoms with Crippen LogP contribution in [0.2, 0.25) is 0 Å². The molecule has 21 heteroatoms. The second-order valence-corrected chi connectivity index (χ2v) is 41.2. The fraction of sp³-hybridized carbons (Fsp3) is 0.294. The third-order valence-corrected chi connectivity index (χ3v) is 29.8. The third kappa shape index (κ3) is 25.1. The number of fused-ring (bicyclic) bond motifs is 4. The number of aromatic hydroxyl groups is 3. The molecule has 2 aliphatic rings. The van der Waals surface area contributed by atoms with Gasteiger partial charge < -0.3 is 54.2 Å². The summed E-state index contributed by atoms with van der Waals surface area (Å²) in [4.78, 5) is 62.2. The molecule has 0 saturated carbocycles. The van der Waals surface area contributed by atoms with Gasteiger partial charge in [0.05, 0.1) is 7.11 Å². The Labute approximate surface area is 838 Å². The number of phenolic OH excluding ortho intramolecular Hbond substituents is 3. The van der Waals surface area contributed by atoms with Gasteiger partial charge in [-0.3, -0.25) is 29.0 Å². The van der Waals surface area contributed by atoms with E-state index in [1.54, 1.807) is 55.6 Å². The van der Waals surface area contributed by atoms with Gasteiger partial charge in [-0.05, 0) is 368 Å². The number of thiophene rings is 4. The molecule has 726 valence electrons. The summed E-state index contributed by atoms with van der Waals surface area (Å²) >= 11 is 5.49. The number of ketones is 4. The lowest BCUT2D eigenvalue weighted by Gasteiger charge is -2.26. The predicted molar refractivity (Wildman–Crippen MR) is 575 cm³/mol. The second-order valence-electron chi connectivity index (χ2n) is 37.0. The molecule has 12 aromatic carbocycles. The van der Waals surface area contributed by atoms with Gasteiger partial charge in [-0.1, -0.05) is 129 Å². The summed E-state index contributed by atoms with van der Waals surface area (Å²) in [6.45, 7) is 36.9. The van der Waals surface area contributed by atoms with Crippen LogP contribution >= 0.6 is 45.3 Å². The summed E-state index contributed by atoms with van der Waals surface area (Å²) in [6, 6.07) is 68.6. The van der Waals surface area contributed by atoms with Gasteiger partial charge in [0, 0.05) is 75.7 Å². The molecule has 2 fully saturated rings. The quantitative estimate of drug-likeness (QED) is 0.0296. The van der Waals surface area contributed by atoms with E-state index in [2.05, 4.69) is 47.9 Å². The maximum Gasteiger partial charge on any atom is 0.207 e. The molecule has 0 radical (unpaired) electrons. The summed E-state index contributed by atoms with van der Waals surface area (Å²) in [5.74, 6) is 8.18. The molecule has 4 aromatic heterocycles. The highest BCUT2D eigenvalue weighted by atomic mass is 32.1. The second kappa shape index (κ2) is 46.9. The van der Waals surface area contributed by atoms with Crippen molar-refractivity contribution in [1.29, 1.82) is 0 Å². The number of hydrogen-bond acceptors (Lipinski definition) is 21. The number of likely N-dealkylation sites (tertiary alicyclic amines) is 2. The Hall–Kier alpha value is -13.0. The SMILES string of the molecule is C.COc1ccc2c(Oc3ccc(OCCN4CCCC4)cc3)c(C(=O)c3c(C)cc(C)cc3C)sc2c1.Cc1cc(C)c(C(=O)c2sc3cc(O)ccc3c2Oc2ccc(CCCC(C)C)cc2)c(C)c1.Cc1cc(C)c(C(=O)c2sc3cc(O)ccc3c2Oc2ccc(CCN)cc2)c(C)c1.Cc1cc(C)c(C(=O)c2sc3cc(O)ccc3c2Oc2ccc(OCCN3CCCCC3)cc2)c(C)c1. The van der Waals surface area contributed by atoms with Crippen LogP contribution in [0.3, 0.4) is 0 Å². The van der Waals surface area contributed by atoms with E-state index in [4.69, 9.17) is 38.9 Å². The highest BCUT2D eigenvalue weighted by Gasteiger charge is 2.31. The lowest BCUT2D eigenvalue weighted by molar-refractivity contribution is 0.103. The molecule has 2 saturated heterocycles. The van der Waals surface area contributed by atoms with Crippen LogP contribution in [0.15, 0.2) is 218 Å². The molecule has 0 spiro atoms. The predicted octanol–water partition coefficient (Wildman–Crippen LogP) is 30.0. The molecule has 6 heterocycles. The van der Waals surface area contributed by atoms with Crippen molar-refractivity contribution in [1.82, 2.24) is 9.80 Å². The van der Waals surface area contributed by atoms with Crippen molar-refractivity contribution in [2.24, 2.45) is 11.7 Å². The van der Waals surface area contributed by atoms with Gasteiger partial charge in [0.2, 0.25) is 23.1 Å². The van der Waals surface area contributed by atoms with Crippen LogP contribution in [-0.2, 0) is 12.8 Å². The summed E-state index contributed by atoms with van der Waals surface area (Å²) in [5.41, 5.74) is 23.1. The number of nitrogens with zero attached hydrogens (tertiary/aromatic N) is 2. The summed E-state index contributed by atoms with van der Waals surface area (Å²) < 4.78 is 46.1. The van der Waals surface area contributed by atoms with E-state index in [1.807, 2.05) is 229 Å². The van der Waals surface area contributed by atoms with Crippen LogP contribution in [0.5, 0.6) is 80.5 Å². The number of methoxy groups -OCH3 is 1. The van der Waals surface area contributed by atoms with Crippen LogP contribution < -0.4 is 38.9 Å². The van der Waals surface area contributed by atoms with Gasteiger partial charge in [0.25, 0.3) is 0 Å². The van der Waals surface area contributed by atoms with Crippen molar-refractivity contribution in [3.8, 4) is 80.5 Å². The zero-order chi connectivity index (χ0) is 98.4. The molecular formula is C119H127N3O14S4. The molecule has 140 heavy (non-hydrogen) atoms. The first-order valence-corrected chi connectivity index (χ1v) is 51.0. The minimum Gasteiger partial charge on any atom is -0.508 e. The highest BCUT2D eigenvalue weighted by Crippen LogP contribution is 2.49. The van der Waals surface area contributed by atoms with E-state index in [-0.39, 0.29) is 47.8 Å². The van der Waals surface area contributed by atoms with Gasteiger partial charge in [0.15, 0.2) is 23.0 Å². The zero-order valence-electron chi connectivity index (χ0n) is 82.0. The number of benzene rings is 12. The number of piperidine rings is 1. The maximum atomic E-state index is 13.9. The van der Waals surface area contributed by atoms with Gasteiger partial charge in [-0.2, -0.15) is 0 Å². The van der Waals surface area contributed by atoms with Crippen molar-refractivity contribution in [2.75, 3.05) is 66.1 Å². The topological polar surface area (TPSA) is 226 Å². The van der Waals surface area contributed by atoms with E-state index < -0.39 is 0 Å². The average molecular weight is 1950 g/mol. The van der Waals surface area contributed by atoms with Crippen molar-refractivity contribution < 1.29 is 67.7 Å². The first-order valence-electron chi connectivity index (χ1n) is 47.8. The largest absolute Gasteiger partial charge is 0.508 e. The molecule has 18 rings (SSSR count). The fourth-order valence-corrected chi connectivity index (χ4v) is 23.2. The number of carbonyl (C=O) groups is 4. The first kappa shape index (κ1) is 103. The standard InChI is InChI=1S/2C31H33NO4S.C30H32O3S.C26H25NO3S.CH4/c1-20-17-21(2)28(22(3)18-20)29(33)31-30(26-12-11-25(34-4)19-27(26)37-31)36-24-9-7-23(8-10-24)35-16-15-32-13-5-6-14-32;1-20-17-21(2)28(22(3)18-20)29(34)31-30(26-12-7-23(33)19-27(26)37-31)36-25-10-8-24(9-11-25)35-16-15-32-13-5-4-6-14-32;1-18(2)7-6-8-22-9-12-24(13-10-22)33-29-25-14-11-23(31)17-26(25)34-30(29)28(32)27-20(4)15-19(3)16-21(27)5;1-15-12-16(2)23(17(3)13-15)24(29)26-25(21-9-6-19(28)14-22(21)31-26)30-20-7-4-18(5-8-20)10-11-27;/h7-12,17-19H,5-6,13-16H2,1-4H3;7-12,17-19,33H,4-6,13-16H2,1-3H3;9-18,31H,6-8H2,1-5H3;4-9,12-14,28H,10-11,27H2,1-3H3;1H4. The number of ether oxygens (including phenoxy) is 7. The molecule has 17 nitrogen and oxygen atoms in total. The molecule has 2 aliphatic heterocycles. The Morgan fingerprint density at radius 3 is 0.879 bits per heavy atom. The first-order chi connectivity index (χ1) is 66.9. The average Bonchev–Trinajstić information content (AvgIpc) is 1.63. The van der Waals surface area contributed by atoms with Crippen LogP contribution in [0, 0.1) is 89.0 Å². The Kier molecular flexibility index (Phi) is 34.5. The number of carbonyl (C=O) groups excluding carboxylic acids is 4. The number of aryl methyl sites for hydroxylation is 13. The van der Waals surface area contributed by atoms with Crippen molar-refractivity contribution in [3.05, 3.63) is 338 Å². The molecule has 0 bridgehead atoms. The molecule has 0 atom stereocenters. The zero-order valence-corrected chi connectivity index (χ0v) is 85.3. The molecule has 16 aromatic rings. The third-order valence-electron chi connectivity index (χ3n) is 25.2. The molecule has 0 unspecified atom stereocenters. The number of rotatable bonds is 31. The van der Waals surface area contributed by atoms with E-state index in [9.17, 15) is 34.5 Å². The summed E-state index contributed by atoms with van der Waals surface area (Å²) in [7, 11) is 1.64. The van der Waals surface area contributed by atoms with Crippen LogP contribution in [0.25, 0.3) is 40.3 Å². The molecular weight excluding hydrogens is 1820 g/mol. The normalized spacial score (nSPS) is 12.6. The van der Waals surface area contributed by atoms with E-state index in [1.165, 1.54) is 109 Å². The van der Waals surface area contributed by atoms with Crippen LogP contribution in [-0.4, -0.2) is 114 Å². The van der Waals surface area contributed by atoms with Gasteiger partial charge in [-0.15, -0.1) is 45.3 Å². The van der Waals surface area contributed by atoms with Crippen molar-refractivity contribution >= 4 is 109 Å². The van der Waals surface area contributed by atoms with E-state index in [0.29, 0.717) is 108 Å². The number of hydrogen-bond donors (Lipinski definition) is 4. The summed E-state index contributed by atoms with van der Waals surface area (Å²) in [6.07, 6.45) is 10.7. The van der Waals surface area contributed by atoms with E-state index >= 15 is 0 Å². The summed E-state index contributed by atoms with van der Waals surface area (Å²) in [5, 5.41) is 33.3. The Bertz CT molecular complexity index is 7040. The number of phenols is 3. The van der Waals surface area contributed by atoms with Crippen LogP contribution in [0.4, 0.5) is 0 Å². The lowest BCUT2D eigenvalue weighted by atomic mass is 9.95. The fourth-order valence-electron chi connectivity index (χ4n) is 18.8. The molecule has 0 amide bonds. The molecule has 5 N–H and O–H groups in total. The van der Waals surface area contributed by atoms with Gasteiger partial charge >= 0.3 is 0 Å². The Morgan fingerprint density at radius 1 is 0.336 bits per heavy atom. The van der Waals surface area contributed by atoms with Crippen molar-refractivity contribution in [3.63, 3.8) is 0 Å².